The number of nitrogens with one attached hydrogen (secondary N) is 1. The number of nitrogens with zero attached hydrogens (tertiary/aromatic N) is 2. The number of rotatable bonds is 8. The average Bonchev–Trinajstić information content (AvgIpc) is 3.50. The van der Waals surface area contributed by atoms with Crippen molar-refractivity contribution in [2.45, 2.75) is 31.6 Å². The Hall–Kier alpha value is -3.80. The van der Waals surface area contributed by atoms with Crippen molar-refractivity contribution in [2.75, 3.05) is 19.8 Å². The standard InChI is InChI=1S/C26H27N3O5/c1-18(31)25-27-13-14-29(25)22(12-15-30)9-4-19-2-5-20(6-3-19)21-7-10-23(11-8-21)33-17-24-16-28-26(32)34-24/h2-3,5-8,10-11,13-14,18,22,24,30-31H,12,15-17H2,1H3,(H,28,32)/t18-,22-,24-/m0/s1. The van der Waals surface area contributed by atoms with Crippen molar-refractivity contribution in [3.63, 3.8) is 0 Å². The molecule has 34 heavy (non-hydrogen) atoms. The molecule has 0 spiro atoms. The van der Waals surface area contributed by atoms with Gasteiger partial charge in [0.1, 0.15) is 24.3 Å². The van der Waals surface area contributed by atoms with E-state index in [0.29, 0.717) is 31.1 Å². The lowest BCUT2D eigenvalue weighted by Crippen LogP contribution is -2.21. The Morgan fingerprint density at radius 1 is 1.21 bits per heavy atom. The summed E-state index contributed by atoms with van der Waals surface area (Å²) in [6.07, 6.45) is 2.43. The number of hydrogen-bond acceptors (Lipinski definition) is 6. The zero-order chi connectivity index (χ0) is 23.9. The molecule has 176 valence electrons. The SMILES string of the molecule is C[C@H](O)c1nccn1[C@@H](C#Cc1ccc(-c2ccc(OC[C@@H]3CNC(=O)O3)cc2)cc1)CCO. The lowest BCUT2D eigenvalue weighted by molar-refractivity contribution is 0.105. The summed E-state index contributed by atoms with van der Waals surface area (Å²) >= 11 is 0. The van der Waals surface area contributed by atoms with E-state index < -0.39 is 12.2 Å². The molecule has 3 aromatic rings. The minimum Gasteiger partial charge on any atom is -0.490 e. The number of imidazole rings is 1. The summed E-state index contributed by atoms with van der Waals surface area (Å²) in [5, 5.41) is 22.0. The number of cyclic esters (lactones) is 1. The molecule has 8 nitrogen and oxygen atoms in total. The van der Waals surface area contributed by atoms with Crippen LogP contribution in [0.2, 0.25) is 0 Å². The molecular formula is C26H27N3O5. The summed E-state index contributed by atoms with van der Waals surface area (Å²) in [7, 11) is 0. The highest BCUT2D eigenvalue weighted by atomic mass is 16.6. The second-order valence-corrected chi connectivity index (χ2v) is 7.99. The van der Waals surface area contributed by atoms with Crippen LogP contribution in [0.4, 0.5) is 4.79 Å². The number of ether oxygens (including phenoxy) is 2. The molecule has 1 aliphatic heterocycles. The van der Waals surface area contributed by atoms with E-state index >= 15 is 0 Å². The van der Waals surface area contributed by atoms with Crippen LogP contribution in [0.5, 0.6) is 5.75 Å². The first-order valence-corrected chi connectivity index (χ1v) is 11.1. The molecule has 2 aromatic carbocycles. The fourth-order valence-electron chi connectivity index (χ4n) is 3.69. The first-order chi connectivity index (χ1) is 16.5. The number of benzene rings is 2. The zero-order valence-corrected chi connectivity index (χ0v) is 18.8. The minimum absolute atomic E-state index is 0.0158. The van der Waals surface area contributed by atoms with E-state index in [1.165, 1.54) is 0 Å². The van der Waals surface area contributed by atoms with E-state index in [4.69, 9.17) is 9.47 Å². The molecule has 0 saturated carbocycles. The van der Waals surface area contributed by atoms with Gasteiger partial charge in [-0.05, 0) is 42.3 Å². The Balaban J connectivity index is 1.40. The van der Waals surface area contributed by atoms with E-state index in [1.807, 2.05) is 48.5 Å². The van der Waals surface area contributed by atoms with Crippen LogP contribution >= 0.6 is 0 Å². The third-order valence-corrected chi connectivity index (χ3v) is 5.45. The monoisotopic (exact) mass is 461 g/mol. The number of carbonyl (C=O) groups excluding carboxylic acids is 1. The van der Waals surface area contributed by atoms with Gasteiger partial charge >= 0.3 is 6.09 Å². The lowest BCUT2D eigenvalue weighted by atomic mass is 10.0. The van der Waals surface area contributed by atoms with Crippen molar-refractivity contribution in [1.29, 1.82) is 0 Å². The van der Waals surface area contributed by atoms with Crippen LogP contribution in [-0.4, -0.2) is 51.7 Å². The Bertz CT molecular complexity index is 1160. The minimum atomic E-state index is -0.716. The maximum Gasteiger partial charge on any atom is 0.407 e. The van der Waals surface area contributed by atoms with E-state index in [-0.39, 0.29) is 18.8 Å². The molecule has 3 N–H and O–H groups in total. The second kappa shape index (κ2) is 10.9. The molecule has 0 bridgehead atoms. The van der Waals surface area contributed by atoms with Gasteiger partial charge in [-0.1, -0.05) is 36.1 Å². The molecule has 0 aliphatic carbocycles. The largest absolute Gasteiger partial charge is 0.490 e. The molecule has 4 rings (SSSR count). The molecule has 1 saturated heterocycles. The van der Waals surface area contributed by atoms with Crippen molar-refractivity contribution in [2.24, 2.45) is 0 Å². The van der Waals surface area contributed by atoms with Gasteiger partial charge in [-0.2, -0.15) is 0 Å². The van der Waals surface area contributed by atoms with E-state index in [9.17, 15) is 15.0 Å². The van der Waals surface area contributed by atoms with Gasteiger partial charge < -0.3 is 29.6 Å². The third kappa shape index (κ3) is 5.76. The number of aliphatic hydroxyl groups is 2. The van der Waals surface area contributed by atoms with Crippen molar-refractivity contribution < 1.29 is 24.5 Å². The first-order valence-electron chi connectivity index (χ1n) is 11.1. The van der Waals surface area contributed by atoms with Crippen LogP contribution in [0.3, 0.4) is 0 Å². The maximum absolute atomic E-state index is 11.1. The number of aliphatic hydroxyl groups excluding tert-OH is 2. The maximum atomic E-state index is 11.1. The summed E-state index contributed by atoms with van der Waals surface area (Å²) < 4.78 is 12.6. The van der Waals surface area contributed by atoms with Crippen molar-refractivity contribution in [1.82, 2.24) is 14.9 Å². The predicted octanol–water partition coefficient (Wildman–Crippen LogP) is 3.07. The summed E-state index contributed by atoms with van der Waals surface area (Å²) in [6, 6.07) is 15.3. The number of carbonyl (C=O) groups is 1. The number of alkyl carbamates (subject to hydrolysis) is 1. The smallest absolute Gasteiger partial charge is 0.407 e. The van der Waals surface area contributed by atoms with Crippen LogP contribution < -0.4 is 10.1 Å². The van der Waals surface area contributed by atoms with Gasteiger partial charge in [-0.25, -0.2) is 9.78 Å². The highest BCUT2D eigenvalue weighted by Gasteiger charge is 2.22. The van der Waals surface area contributed by atoms with Gasteiger partial charge in [-0.3, -0.25) is 0 Å². The number of amides is 1. The van der Waals surface area contributed by atoms with E-state index in [2.05, 4.69) is 22.1 Å². The zero-order valence-electron chi connectivity index (χ0n) is 18.8. The van der Waals surface area contributed by atoms with Crippen LogP contribution in [0.1, 0.15) is 36.9 Å². The van der Waals surface area contributed by atoms with Crippen LogP contribution in [-0.2, 0) is 4.74 Å². The van der Waals surface area contributed by atoms with E-state index in [1.54, 1.807) is 23.9 Å². The number of aromatic nitrogens is 2. The van der Waals surface area contributed by atoms with E-state index in [0.717, 1.165) is 16.7 Å². The molecule has 0 radical (unpaired) electrons. The molecule has 3 atom stereocenters. The first kappa shape index (κ1) is 23.4. The summed E-state index contributed by atoms with van der Waals surface area (Å²) in [4.78, 5) is 15.3. The van der Waals surface area contributed by atoms with Gasteiger partial charge in [0.05, 0.1) is 12.6 Å². The summed E-state index contributed by atoms with van der Waals surface area (Å²) in [5.74, 6) is 7.59. The Morgan fingerprint density at radius 3 is 2.53 bits per heavy atom. The highest BCUT2D eigenvalue weighted by Crippen LogP contribution is 2.23. The third-order valence-electron chi connectivity index (χ3n) is 5.45. The average molecular weight is 462 g/mol. The van der Waals surface area contributed by atoms with Crippen LogP contribution in [0.25, 0.3) is 11.1 Å². The molecule has 1 amide bonds. The molecule has 0 unspecified atom stereocenters. The van der Waals surface area contributed by atoms with Crippen molar-refractivity contribution in [3.05, 3.63) is 72.3 Å². The van der Waals surface area contributed by atoms with Gasteiger partial charge in [-0.15, -0.1) is 0 Å². The van der Waals surface area contributed by atoms with Crippen molar-refractivity contribution >= 4 is 6.09 Å². The molecule has 1 aromatic heterocycles. The highest BCUT2D eigenvalue weighted by molar-refractivity contribution is 5.69. The molecular weight excluding hydrogens is 434 g/mol. The van der Waals surface area contributed by atoms with Gasteiger partial charge in [0.2, 0.25) is 0 Å². The van der Waals surface area contributed by atoms with Crippen molar-refractivity contribution in [3.8, 4) is 28.7 Å². The summed E-state index contributed by atoms with van der Waals surface area (Å²) in [5.41, 5.74) is 2.94. The van der Waals surface area contributed by atoms with Gasteiger partial charge in [0, 0.05) is 31.0 Å². The second-order valence-electron chi connectivity index (χ2n) is 7.99. The molecule has 8 heteroatoms. The predicted molar refractivity (Wildman–Crippen MR) is 126 cm³/mol. The topological polar surface area (TPSA) is 106 Å². The Kier molecular flexibility index (Phi) is 7.48. The van der Waals surface area contributed by atoms with Crippen LogP contribution in [0.15, 0.2) is 60.9 Å². The quantitative estimate of drug-likeness (QED) is 0.445. The normalized spacial score (nSPS) is 16.7. The Labute approximate surface area is 198 Å². The lowest BCUT2D eigenvalue weighted by Gasteiger charge is -2.15. The fourth-order valence-corrected chi connectivity index (χ4v) is 3.69. The Morgan fingerprint density at radius 2 is 1.91 bits per heavy atom. The van der Waals surface area contributed by atoms with Crippen LogP contribution in [0, 0.1) is 11.8 Å². The molecule has 1 aliphatic rings. The van der Waals surface area contributed by atoms with Gasteiger partial charge in [0.15, 0.2) is 6.10 Å². The molecule has 1 fully saturated rings. The molecule has 2 heterocycles. The summed E-state index contributed by atoms with van der Waals surface area (Å²) in [6.45, 7) is 2.40. The fraction of sp³-hybridized carbons (Fsp3) is 0.308. The number of hydrogen-bond donors (Lipinski definition) is 3. The van der Waals surface area contributed by atoms with Gasteiger partial charge in [0.25, 0.3) is 0 Å².